The normalized spacial score (nSPS) is 12.0. The lowest BCUT2D eigenvalue weighted by Gasteiger charge is -2.10. The molecule has 0 atom stereocenters. The van der Waals surface area contributed by atoms with Crippen LogP contribution in [0.1, 0.15) is 22.8 Å². The zero-order valence-electron chi connectivity index (χ0n) is 14.8. The minimum absolute atomic E-state index is 0.0414. The lowest BCUT2D eigenvalue weighted by molar-refractivity contribution is -0.176. The molecule has 2 aromatic rings. The fraction of sp³-hybridized carbons (Fsp3) is 0.278. The Bertz CT molecular complexity index is 941. The second-order valence-electron chi connectivity index (χ2n) is 5.84. The lowest BCUT2D eigenvalue weighted by atomic mass is 10.1. The quantitative estimate of drug-likeness (QED) is 0.673. The van der Waals surface area contributed by atoms with E-state index in [2.05, 4.69) is 10.1 Å². The maximum Gasteiger partial charge on any atom is 0.411 e. The summed E-state index contributed by atoms with van der Waals surface area (Å²) >= 11 is 0. The SMILES string of the molecule is CCS(=O)(=O)c1ccc(O)c(NC(=O)c2ccc(COCC(F)(F)F)cc2)c1. The van der Waals surface area contributed by atoms with Crippen molar-refractivity contribution in [3.63, 3.8) is 0 Å². The topological polar surface area (TPSA) is 92.7 Å². The van der Waals surface area contributed by atoms with E-state index < -0.39 is 28.5 Å². The van der Waals surface area contributed by atoms with Crippen LogP contribution in [0.15, 0.2) is 47.4 Å². The van der Waals surface area contributed by atoms with E-state index in [0.717, 1.165) is 6.07 Å². The average Bonchev–Trinajstić information content (AvgIpc) is 2.63. The smallest absolute Gasteiger partial charge is 0.411 e. The highest BCUT2D eigenvalue weighted by atomic mass is 32.2. The van der Waals surface area contributed by atoms with E-state index in [1.807, 2.05) is 0 Å². The van der Waals surface area contributed by atoms with E-state index in [0.29, 0.717) is 5.56 Å². The van der Waals surface area contributed by atoms with Crippen molar-refractivity contribution in [2.24, 2.45) is 0 Å². The van der Waals surface area contributed by atoms with Crippen molar-refractivity contribution in [1.29, 1.82) is 0 Å². The first kappa shape index (κ1) is 21.7. The van der Waals surface area contributed by atoms with Gasteiger partial charge in [-0.2, -0.15) is 13.2 Å². The Labute approximate surface area is 159 Å². The molecule has 0 spiro atoms. The van der Waals surface area contributed by atoms with Gasteiger partial charge >= 0.3 is 6.18 Å². The van der Waals surface area contributed by atoms with Crippen LogP contribution in [-0.2, 0) is 21.2 Å². The molecule has 0 aliphatic carbocycles. The number of hydrogen-bond donors (Lipinski definition) is 2. The summed E-state index contributed by atoms with van der Waals surface area (Å²) in [4.78, 5) is 12.3. The number of ether oxygens (including phenoxy) is 1. The van der Waals surface area contributed by atoms with Gasteiger partial charge in [-0.05, 0) is 35.9 Å². The third-order valence-corrected chi connectivity index (χ3v) is 5.44. The molecular weight excluding hydrogens is 399 g/mol. The van der Waals surface area contributed by atoms with E-state index >= 15 is 0 Å². The molecule has 0 aliphatic heterocycles. The molecule has 0 aliphatic rings. The van der Waals surface area contributed by atoms with Crippen LogP contribution in [-0.4, -0.2) is 38.0 Å². The van der Waals surface area contributed by atoms with Gasteiger partial charge in [-0.25, -0.2) is 8.42 Å². The standard InChI is InChI=1S/C18H18F3NO5S/c1-2-28(25,26)14-7-8-16(23)15(9-14)22-17(24)13-5-3-12(4-6-13)10-27-11-18(19,20)21/h3-9,23H,2,10-11H2,1H3,(H,22,24). The summed E-state index contributed by atoms with van der Waals surface area (Å²) in [6.07, 6.45) is -4.42. The molecule has 0 fully saturated rings. The number of carbonyl (C=O) groups is 1. The number of alkyl halides is 3. The van der Waals surface area contributed by atoms with Gasteiger partial charge < -0.3 is 15.2 Å². The number of halogens is 3. The molecule has 6 nitrogen and oxygen atoms in total. The minimum Gasteiger partial charge on any atom is -0.506 e. The molecular formula is C18H18F3NO5S. The number of aromatic hydroxyl groups is 1. The van der Waals surface area contributed by atoms with E-state index in [4.69, 9.17) is 0 Å². The van der Waals surface area contributed by atoms with Gasteiger partial charge in [0.1, 0.15) is 12.4 Å². The predicted octanol–water partition coefficient (Wildman–Crippen LogP) is 3.52. The van der Waals surface area contributed by atoms with Crippen molar-refractivity contribution in [1.82, 2.24) is 0 Å². The van der Waals surface area contributed by atoms with Gasteiger partial charge in [0.25, 0.3) is 5.91 Å². The largest absolute Gasteiger partial charge is 0.506 e. The Balaban J connectivity index is 2.08. The Morgan fingerprint density at radius 2 is 1.79 bits per heavy atom. The zero-order chi connectivity index (χ0) is 20.9. The van der Waals surface area contributed by atoms with Crippen molar-refractivity contribution in [2.75, 3.05) is 17.7 Å². The maximum atomic E-state index is 12.3. The summed E-state index contributed by atoms with van der Waals surface area (Å²) in [6.45, 7) is -0.162. The van der Waals surface area contributed by atoms with E-state index in [-0.39, 0.29) is 34.3 Å². The molecule has 0 unspecified atom stereocenters. The van der Waals surface area contributed by atoms with Crippen LogP contribution in [0.5, 0.6) is 5.75 Å². The first-order valence-electron chi connectivity index (χ1n) is 8.12. The summed E-state index contributed by atoms with van der Waals surface area (Å²) < 4.78 is 64.6. The molecule has 2 aromatic carbocycles. The highest BCUT2D eigenvalue weighted by Gasteiger charge is 2.27. The van der Waals surface area contributed by atoms with Crippen molar-refractivity contribution in [3.05, 3.63) is 53.6 Å². The number of hydrogen-bond acceptors (Lipinski definition) is 5. The number of phenolic OH excluding ortho intramolecular Hbond substituents is 1. The fourth-order valence-corrected chi connectivity index (χ4v) is 3.11. The molecule has 0 aromatic heterocycles. The van der Waals surface area contributed by atoms with Crippen molar-refractivity contribution in [3.8, 4) is 5.75 Å². The van der Waals surface area contributed by atoms with Crippen LogP contribution in [0.4, 0.5) is 18.9 Å². The lowest BCUT2D eigenvalue weighted by Crippen LogP contribution is -2.16. The Morgan fingerprint density at radius 1 is 1.14 bits per heavy atom. The third-order valence-electron chi connectivity index (χ3n) is 3.71. The first-order chi connectivity index (χ1) is 13.0. The van der Waals surface area contributed by atoms with Crippen LogP contribution in [0.3, 0.4) is 0 Å². The van der Waals surface area contributed by atoms with Crippen LogP contribution in [0.2, 0.25) is 0 Å². The number of anilines is 1. The molecule has 0 heterocycles. The summed E-state index contributed by atoms with van der Waals surface area (Å²) in [7, 11) is -3.52. The number of benzene rings is 2. The summed E-state index contributed by atoms with van der Waals surface area (Å²) in [5.74, 6) is -1.06. The Hall–Kier alpha value is -2.59. The van der Waals surface area contributed by atoms with Gasteiger partial charge in [0.2, 0.25) is 0 Å². The van der Waals surface area contributed by atoms with Crippen molar-refractivity contribution >= 4 is 21.4 Å². The van der Waals surface area contributed by atoms with Gasteiger partial charge in [-0.15, -0.1) is 0 Å². The number of sulfone groups is 1. The van der Waals surface area contributed by atoms with Gasteiger partial charge in [0.05, 0.1) is 22.9 Å². The number of phenols is 1. The van der Waals surface area contributed by atoms with Gasteiger partial charge in [0, 0.05) is 5.56 Å². The molecule has 1 amide bonds. The fourth-order valence-electron chi connectivity index (χ4n) is 2.21. The van der Waals surface area contributed by atoms with E-state index in [9.17, 15) is 31.5 Å². The molecule has 152 valence electrons. The number of nitrogens with one attached hydrogen (secondary N) is 1. The zero-order valence-corrected chi connectivity index (χ0v) is 15.6. The van der Waals surface area contributed by atoms with E-state index in [1.54, 1.807) is 0 Å². The maximum absolute atomic E-state index is 12.3. The van der Waals surface area contributed by atoms with Crippen molar-refractivity contribution < 1.29 is 36.2 Å². The van der Waals surface area contributed by atoms with Crippen LogP contribution in [0.25, 0.3) is 0 Å². The second kappa shape index (κ2) is 8.61. The third kappa shape index (κ3) is 5.96. The monoisotopic (exact) mass is 417 g/mol. The first-order valence-corrected chi connectivity index (χ1v) is 9.77. The molecule has 2 rings (SSSR count). The average molecular weight is 417 g/mol. The molecule has 0 bridgehead atoms. The Morgan fingerprint density at radius 3 is 2.36 bits per heavy atom. The summed E-state index contributed by atoms with van der Waals surface area (Å²) in [5, 5.41) is 12.3. The highest BCUT2D eigenvalue weighted by molar-refractivity contribution is 7.91. The van der Waals surface area contributed by atoms with Crippen molar-refractivity contribution in [2.45, 2.75) is 24.6 Å². The van der Waals surface area contributed by atoms with Gasteiger partial charge in [0.15, 0.2) is 9.84 Å². The highest BCUT2D eigenvalue weighted by Crippen LogP contribution is 2.27. The molecule has 28 heavy (non-hydrogen) atoms. The van der Waals surface area contributed by atoms with Gasteiger partial charge in [-0.3, -0.25) is 4.79 Å². The predicted molar refractivity (Wildman–Crippen MR) is 95.9 cm³/mol. The molecule has 0 radical (unpaired) electrons. The Kier molecular flexibility index (Phi) is 6.68. The summed E-state index contributed by atoms with van der Waals surface area (Å²) in [5.41, 5.74) is 0.541. The van der Waals surface area contributed by atoms with Crippen LogP contribution >= 0.6 is 0 Å². The summed E-state index contributed by atoms with van der Waals surface area (Å²) in [6, 6.07) is 9.19. The number of amides is 1. The van der Waals surface area contributed by atoms with E-state index in [1.165, 1.54) is 43.3 Å². The molecule has 10 heteroatoms. The molecule has 0 saturated heterocycles. The second-order valence-corrected chi connectivity index (χ2v) is 8.12. The minimum atomic E-state index is -4.42. The molecule has 0 saturated carbocycles. The van der Waals surface area contributed by atoms with Gasteiger partial charge in [-0.1, -0.05) is 19.1 Å². The molecule has 2 N–H and O–H groups in total. The van der Waals surface area contributed by atoms with Crippen LogP contribution in [0, 0.1) is 0 Å². The van der Waals surface area contributed by atoms with Crippen LogP contribution < -0.4 is 5.32 Å². The number of carbonyl (C=O) groups excluding carboxylic acids is 1. The number of rotatable bonds is 7.